The van der Waals surface area contributed by atoms with Gasteiger partial charge in [0.2, 0.25) is 17.8 Å². The molecule has 4 fully saturated rings. The number of rotatable bonds is 11. The van der Waals surface area contributed by atoms with Crippen LogP contribution in [0.1, 0.15) is 81.2 Å². The number of hydrogen-bond acceptors (Lipinski definition) is 13. The van der Waals surface area contributed by atoms with Crippen molar-refractivity contribution in [1.29, 1.82) is 0 Å². The van der Waals surface area contributed by atoms with Crippen LogP contribution in [0.15, 0.2) is 53.3 Å². The zero-order chi connectivity index (χ0) is 47.2. The van der Waals surface area contributed by atoms with Gasteiger partial charge in [-0.3, -0.25) is 14.9 Å². The number of aromatic nitrogens is 4. The van der Waals surface area contributed by atoms with Gasteiger partial charge in [0, 0.05) is 91.2 Å². The van der Waals surface area contributed by atoms with Crippen molar-refractivity contribution in [3.63, 3.8) is 0 Å². The van der Waals surface area contributed by atoms with Gasteiger partial charge in [0.25, 0.3) is 0 Å². The zero-order valence-corrected chi connectivity index (χ0v) is 41.2. The van der Waals surface area contributed by atoms with E-state index in [1.54, 1.807) is 32.8 Å². The van der Waals surface area contributed by atoms with Gasteiger partial charge >= 0.3 is 0 Å². The number of amides is 2. The number of nitrogens with one attached hydrogen (secondary N) is 3. The zero-order valence-electron chi connectivity index (χ0n) is 38.7. The van der Waals surface area contributed by atoms with Crippen LogP contribution in [-0.2, 0) is 20.6 Å². The van der Waals surface area contributed by atoms with Crippen LogP contribution in [-0.4, -0.2) is 102 Å². The SMILES string of the molecule is CCc1ncc2c(P(C)(C)=O)c(Nc3nc(Nc4cc(C)c(N5CCC6(CC5)CCN(C5CCN(c7cc(F)c([C@H]8CCC(=O)NC8=O)c(F)c7)CC5)CC6)cc4OC)ncc3Br)ccc2n1. The second-order valence-corrected chi connectivity index (χ2v) is 22.9. The van der Waals surface area contributed by atoms with Crippen LogP contribution in [0, 0.1) is 24.0 Å². The van der Waals surface area contributed by atoms with Crippen LogP contribution in [0.5, 0.6) is 5.75 Å². The highest BCUT2D eigenvalue weighted by atomic mass is 79.9. The maximum Gasteiger partial charge on any atom is 0.234 e. The first-order valence-corrected chi connectivity index (χ1v) is 26.7. The fourth-order valence-corrected chi connectivity index (χ4v) is 12.4. The van der Waals surface area contributed by atoms with Gasteiger partial charge in [-0.25, -0.2) is 23.7 Å². The van der Waals surface area contributed by atoms with Gasteiger partial charge in [0.05, 0.1) is 34.4 Å². The standard InChI is InChI=1S/C49H58BrF2N10O4P/c1-6-42-53-27-33-37(55-42)8-9-38(45(33)67(4,5)65)56-46-34(50)28-54-48(59-46)57-39-23-29(2)40(26-41(39)66-3)62-21-15-49(16-22-62)13-19-61(20-14-49)30-11-17-60(18-12-30)31-24-35(51)44(36(52)25-31)32-7-10-43(63)58-47(32)64/h8-9,23-28,30,32H,6-7,10-22H2,1-5H3,(H,58,63,64)(H2,54,56,57,59)/t32-/m1/s1. The average molecular weight is 1000 g/mol. The van der Waals surface area contributed by atoms with Crippen LogP contribution in [0.2, 0.25) is 0 Å². The Morgan fingerprint density at radius 3 is 2.24 bits per heavy atom. The van der Waals surface area contributed by atoms with Gasteiger partial charge in [-0.15, -0.1) is 0 Å². The number of benzene rings is 3. The molecule has 2 aromatic heterocycles. The Bertz CT molecular complexity index is 2740. The van der Waals surface area contributed by atoms with E-state index in [0.29, 0.717) is 69.6 Å². The molecule has 0 saturated carbocycles. The van der Waals surface area contributed by atoms with Crippen molar-refractivity contribution >= 4 is 85.6 Å². The number of carbonyl (C=O) groups is 2. The lowest BCUT2D eigenvalue weighted by atomic mass is 9.70. The minimum absolute atomic E-state index is 0.0646. The minimum atomic E-state index is -2.78. The number of methoxy groups -OCH3 is 1. The molecule has 3 N–H and O–H groups in total. The summed E-state index contributed by atoms with van der Waals surface area (Å²) < 4.78 is 50.9. The number of piperidine rings is 4. The Labute approximate surface area is 398 Å². The number of fused-ring (bicyclic) bond motifs is 1. The van der Waals surface area contributed by atoms with Gasteiger partial charge in [0.15, 0.2) is 0 Å². The smallest absolute Gasteiger partial charge is 0.234 e. The summed E-state index contributed by atoms with van der Waals surface area (Å²) in [6, 6.07) is 11.1. The van der Waals surface area contributed by atoms with E-state index < -0.39 is 36.5 Å². The Morgan fingerprint density at radius 2 is 1.58 bits per heavy atom. The maximum atomic E-state index is 15.3. The van der Waals surface area contributed by atoms with E-state index in [4.69, 9.17) is 9.72 Å². The number of aryl methyl sites for hydroxylation is 2. The monoisotopic (exact) mass is 998 g/mol. The molecule has 3 aromatic carbocycles. The van der Waals surface area contributed by atoms with Crippen molar-refractivity contribution < 1.29 is 27.7 Å². The molecule has 354 valence electrons. The van der Waals surface area contributed by atoms with Crippen LogP contribution in [0.4, 0.5) is 43.3 Å². The van der Waals surface area contributed by atoms with E-state index >= 15 is 8.78 Å². The van der Waals surface area contributed by atoms with Crippen molar-refractivity contribution in [3.8, 4) is 5.75 Å². The van der Waals surface area contributed by atoms with Gasteiger partial charge in [-0.05, 0) is 136 Å². The van der Waals surface area contributed by atoms with Crippen molar-refractivity contribution in [1.82, 2.24) is 30.2 Å². The second-order valence-electron chi connectivity index (χ2n) is 18.9. The molecule has 4 aliphatic rings. The highest BCUT2D eigenvalue weighted by Crippen LogP contribution is 2.46. The molecular weight excluding hydrogens is 941 g/mol. The summed E-state index contributed by atoms with van der Waals surface area (Å²) in [6.45, 7) is 13.0. The summed E-state index contributed by atoms with van der Waals surface area (Å²) in [7, 11) is -1.11. The van der Waals surface area contributed by atoms with Crippen LogP contribution < -0.4 is 35.8 Å². The molecule has 6 heterocycles. The first kappa shape index (κ1) is 46.8. The third-order valence-corrected chi connectivity index (χ3v) is 16.6. The third kappa shape index (κ3) is 9.74. The molecular formula is C49H58BrF2N10O4P. The number of ether oxygens (including phenoxy) is 1. The van der Waals surface area contributed by atoms with Crippen molar-refractivity contribution in [3.05, 3.63) is 81.9 Å². The molecule has 67 heavy (non-hydrogen) atoms. The summed E-state index contributed by atoms with van der Waals surface area (Å²) in [6.07, 6.45) is 10.7. The molecule has 0 unspecified atom stereocenters. The largest absolute Gasteiger partial charge is 0.494 e. The van der Waals surface area contributed by atoms with Crippen molar-refractivity contribution in [2.45, 2.75) is 83.6 Å². The molecule has 1 atom stereocenters. The van der Waals surface area contributed by atoms with Gasteiger partial charge < -0.3 is 34.6 Å². The van der Waals surface area contributed by atoms with Gasteiger partial charge in [-0.1, -0.05) is 6.92 Å². The second kappa shape index (κ2) is 19.0. The van der Waals surface area contributed by atoms with Crippen molar-refractivity contribution in [2.75, 3.05) is 80.1 Å². The van der Waals surface area contributed by atoms with E-state index in [1.165, 1.54) is 12.1 Å². The summed E-state index contributed by atoms with van der Waals surface area (Å²) in [5, 5.41) is 10.4. The lowest BCUT2D eigenvalue weighted by molar-refractivity contribution is -0.134. The summed E-state index contributed by atoms with van der Waals surface area (Å²) in [4.78, 5) is 49.6. The number of imide groups is 1. The highest BCUT2D eigenvalue weighted by Gasteiger charge is 2.40. The Morgan fingerprint density at radius 1 is 0.881 bits per heavy atom. The molecule has 0 aliphatic carbocycles. The Hall–Kier alpha value is -5.25. The van der Waals surface area contributed by atoms with Crippen LogP contribution in [0.3, 0.4) is 0 Å². The Kier molecular flexibility index (Phi) is 13.3. The predicted octanol–water partition coefficient (Wildman–Crippen LogP) is 8.95. The Balaban J connectivity index is 0.799. The fourth-order valence-electron chi connectivity index (χ4n) is 10.7. The van der Waals surface area contributed by atoms with E-state index in [2.05, 4.69) is 75.7 Å². The summed E-state index contributed by atoms with van der Waals surface area (Å²) in [5.74, 6) is -1.24. The van der Waals surface area contributed by atoms with Crippen LogP contribution >= 0.6 is 23.1 Å². The number of nitrogens with zero attached hydrogens (tertiary/aromatic N) is 7. The molecule has 9 rings (SSSR count). The highest BCUT2D eigenvalue weighted by molar-refractivity contribution is 9.10. The van der Waals surface area contributed by atoms with E-state index in [0.717, 1.165) is 98.4 Å². The topological polar surface area (TPSA) is 158 Å². The third-order valence-electron chi connectivity index (χ3n) is 14.4. The van der Waals surface area contributed by atoms with E-state index in [-0.39, 0.29) is 18.4 Å². The fraction of sp³-hybridized carbons (Fsp3) is 0.469. The number of anilines is 6. The first-order valence-electron chi connectivity index (χ1n) is 23.3. The van der Waals surface area contributed by atoms with E-state index in [1.807, 2.05) is 24.0 Å². The quantitative estimate of drug-likeness (QED) is 0.0852. The van der Waals surface area contributed by atoms with Gasteiger partial charge in [-0.2, -0.15) is 4.98 Å². The maximum absolute atomic E-state index is 15.3. The summed E-state index contributed by atoms with van der Waals surface area (Å²) in [5.41, 5.74) is 4.97. The molecule has 18 heteroatoms. The minimum Gasteiger partial charge on any atom is -0.494 e. The molecule has 1 spiro atoms. The lowest BCUT2D eigenvalue weighted by Crippen LogP contribution is -2.52. The molecule has 0 radical (unpaired) electrons. The normalized spacial score (nSPS) is 19.5. The number of likely N-dealkylation sites (tertiary alicyclic amines) is 1. The van der Waals surface area contributed by atoms with Gasteiger partial charge in [0.1, 0.15) is 36.2 Å². The van der Waals surface area contributed by atoms with Crippen LogP contribution in [0.25, 0.3) is 10.9 Å². The molecule has 0 bridgehead atoms. The van der Waals surface area contributed by atoms with Crippen molar-refractivity contribution in [2.24, 2.45) is 5.41 Å². The number of halogens is 3. The first-order chi connectivity index (χ1) is 32.1. The molecule has 4 saturated heterocycles. The average Bonchev–Trinajstić information content (AvgIpc) is 3.30. The summed E-state index contributed by atoms with van der Waals surface area (Å²) >= 11 is 3.61. The molecule has 4 aliphatic heterocycles. The number of carbonyl (C=O) groups excluding carboxylic acids is 2. The number of hydrogen-bond donors (Lipinski definition) is 3. The molecule has 14 nitrogen and oxygen atoms in total. The van der Waals surface area contributed by atoms with E-state index in [9.17, 15) is 14.2 Å². The predicted molar refractivity (Wildman–Crippen MR) is 263 cm³/mol. The lowest BCUT2D eigenvalue weighted by Gasteiger charge is -2.50. The molecule has 2 amide bonds. The molecule has 5 aromatic rings.